The van der Waals surface area contributed by atoms with Gasteiger partial charge in [-0.05, 0) is 0 Å². The summed E-state index contributed by atoms with van der Waals surface area (Å²) in [6.45, 7) is -0.701. The molecule has 2 heterocycles. The lowest BCUT2D eigenvalue weighted by Crippen LogP contribution is -2.37. The molecule has 0 saturated carbocycles. The Bertz CT molecular complexity index is 475. The summed E-state index contributed by atoms with van der Waals surface area (Å²) in [6.07, 6.45) is -2.83. The maximum atomic E-state index is 12.8. The van der Waals surface area contributed by atoms with Crippen LogP contribution in [0.4, 0.5) is 23.5 Å². The number of hydrogen-bond acceptors (Lipinski definition) is 4. The molecule has 1 aliphatic rings. The molecule has 0 radical (unpaired) electrons. The predicted octanol–water partition coefficient (Wildman–Crippen LogP) is 0.716. The molecule has 0 unspecified atom stereocenters. The molecular formula is C10H10F4N4O. The molecule has 5 nitrogen and oxygen atoms in total. The summed E-state index contributed by atoms with van der Waals surface area (Å²) in [6, 6.07) is 0. The van der Waals surface area contributed by atoms with Gasteiger partial charge >= 0.3 is 6.18 Å². The van der Waals surface area contributed by atoms with Gasteiger partial charge in [-0.3, -0.25) is 4.79 Å². The van der Waals surface area contributed by atoms with E-state index < -0.39 is 36.3 Å². The van der Waals surface area contributed by atoms with E-state index in [1.807, 2.05) is 0 Å². The van der Waals surface area contributed by atoms with E-state index in [1.54, 1.807) is 0 Å². The van der Waals surface area contributed by atoms with Gasteiger partial charge in [0.1, 0.15) is 0 Å². The molecule has 0 aromatic carbocycles. The maximum absolute atomic E-state index is 12.8. The number of aromatic nitrogens is 2. The molecule has 0 spiro atoms. The van der Waals surface area contributed by atoms with Crippen LogP contribution in [-0.4, -0.2) is 35.1 Å². The molecule has 0 bridgehead atoms. The third kappa shape index (κ3) is 2.74. The third-order valence-electron chi connectivity index (χ3n) is 3.00. The summed E-state index contributed by atoms with van der Waals surface area (Å²) in [5, 5.41) is 0. The van der Waals surface area contributed by atoms with Crippen molar-refractivity contribution >= 4 is 11.9 Å². The van der Waals surface area contributed by atoms with Crippen LogP contribution in [0.5, 0.6) is 0 Å². The number of primary amides is 1. The zero-order chi connectivity index (χ0) is 14.2. The molecule has 104 valence electrons. The number of hydrogen-bond donors (Lipinski definition) is 1. The van der Waals surface area contributed by atoms with Crippen LogP contribution in [0.25, 0.3) is 0 Å². The van der Waals surface area contributed by atoms with Gasteiger partial charge in [0, 0.05) is 13.1 Å². The van der Waals surface area contributed by atoms with Crippen LogP contribution >= 0.6 is 0 Å². The minimum Gasteiger partial charge on any atom is -0.369 e. The van der Waals surface area contributed by atoms with Crippen LogP contribution in [0.15, 0.2) is 12.4 Å². The number of carbonyl (C=O) groups is 1. The SMILES string of the molecule is NC(=O)[C@@H]1CN(c2ncc(F)cn2)C[C@H]1C(F)(F)F. The molecule has 19 heavy (non-hydrogen) atoms. The Kier molecular flexibility index (Phi) is 3.29. The molecule has 1 amide bonds. The summed E-state index contributed by atoms with van der Waals surface area (Å²) in [4.78, 5) is 19.4. The minimum absolute atomic E-state index is 0.0561. The second kappa shape index (κ2) is 4.63. The fraction of sp³-hybridized carbons (Fsp3) is 0.500. The van der Waals surface area contributed by atoms with Crippen LogP contribution in [0.2, 0.25) is 0 Å². The van der Waals surface area contributed by atoms with Gasteiger partial charge in [-0.25, -0.2) is 14.4 Å². The highest BCUT2D eigenvalue weighted by molar-refractivity contribution is 5.78. The molecule has 1 aliphatic heterocycles. The second-order valence-electron chi connectivity index (χ2n) is 4.26. The van der Waals surface area contributed by atoms with Crippen molar-refractivity contribution in [2.75, 3.05) is 18.0 Å². The Labute approximate surface area is 105 Å². The van der Waals surface area contributed by atoms with E-state index in [9.17, 15) is 22.4 Å². The van der Waals surface area contributed by atoms with Crippen LogP contribution in [0.1, 0.15) is 0 Å². The van der Waals surface area contributed by atoms with E-state index in [0.717, 1.165) is 12.4 Å². The number of rotatable bonds is 2. The minimum atomic E-state index is -4.53. The topological polar surface area (TPSA) is 72.1 Å². The fourth-order valence-corrected chi connectivity index (χ4v) is 2.06. The molecule has 2 N–H and O–H groups in total. The summed E-state index contributed by atoms with van der Waals surface area (Å²) in [7, 11) is 0. The molecule has 2 rings (SSSR count). The Morgan fingerprint density at radius 1 is 1.32 bits per heavy atom. The van der Waals surface area contributed by atoms with Crippen LogP contribution in [0, 0.1) is 17.7 Å². The van der Waals surface area contributed by atoms with Crippen molar-refractivity contribution in [2.45, 2.75) is 6.18 Å². The highest BCUT2D eigenvalue weighted by Crippen LogP contribution is 2.38. The van der Waals surface area contributed by atoms with E-state index >= 15 is 0 Å². The molecule has 0 aliphatic carbocycles. The van der Waals surface area contributed by atoms with Gasteiger partial charge < -0.3 is 10.6 Å². The Hall–Kier alpha value is -1.93. The number of anilines is 1. The monoisotopic (exact) mass is 278 g/mol. The van der Waals surface area contributed by atoms with Crippen LogP contribution in [0.3, 0.4) is 0 Å². The maximum Gasteiger partial charge on any atom is 0.394 e. The van der Waals surface area contributed by atoms with Gasteiger partial charge in [0.25, 0.3) is 0 Å². The molecule has 1 saturated heterocycles. The fourth-order valence-electron chi connectivity index (χ4n) is 2.06. The van der Waals surface area contributed by atoms with Crippen molar-refractivity contribution in [2.24, 2.45) is 17.6 Å². The molecule has 2 atom stereocenters. The Morgan fingerprint density at radius 3 is 2.32 bits per heavy atom. The van der Waals surface area contributed by atoms with Gasteiger partial charge in [-0.2, -0.15) is 13.2 Å². The van der Waals surface area contributed by atoms with E-state index in [-0.39, 0.29) is 12.5 Å². The average molecular weight is 278 g/mol. The highest BCUT2D eigenvalue weighted by Gasteiger charge is 2.52. The first kappa shape index (κ1) is 13.5. The van der Waals surface area contributed by atoms with Crippen molar-refractivity contribution < 1.29 is 22.4 Å². The van der Waals surface area contributed by atoms with Gasteiger partial charge in [0.15, 0.2) is 5.82 Å². The van der Waals surface area contributed by atoms with Crippen molar-refractivity contribution in [3.8, 4) is 0 Å². The molecule has 1 fully saturated rings. The normalized spacial score (nSPS) is 23.7. The standard InChI is InChI=1S/C10H10F4N4O/c11-5-1-16-9(17-2-5)18-3-6(8(15)19)7(4-18)10(12,13)14/h1-2,6-7H,3-4H2,(H2,15,19)/t6-,7-/m1/s1. The first-order chi connectivity index (χ1) is 8.79. The zero-order valence-corrected chi connectivity index (χ0v) is 9.56. The van der Waals surface area contributed by atoms with Gasteiger partial charge in [-0.1, -0.05) is 0 Å². The van der Waals surface area contributed by atoms with Crippen LogP contribution < -0.4 is 10.6 Å². The lowest BCUT2D eigenvalue weighted by atomic mass is 9.95. The largest absolute Gasteiger partial charge is 0.394 e. The molecule has 9 heteroatoms. The molecule has 1 aromatic heterocycles. The third-order valence-corrected chi connectivity index (χ3v) is 3.00. The van der Waals surface area contributed by atoms with Crippen LogP contribution in [-0.2, 0) is 4.79 Å². The first-order valence-corrected chi connectivity index (χ1v) is 5.37. The highest BCUT2D eigenvalue weighted by atomic mass is 19.4. The van der Waals surface area contributed by atoms with Gasteiger partial charge in [0.2, 0.25) is 11.9 Å². The lowest BCUT2D eigenvalue weighted by Gasteiger charge is -2.18. The summed E-state index contributed by atoms with van der Waals surface area (Å²) in [5.41, 5.74) is 4.98. The second-order valence-corrected chi connectivity index (χ2v) is 4.26. The first-order valence-electron chi connectivity index (χ1n) is 5.37. The predicted molar refractivity (Wildman–Crippen MR) is 56.4 cm³/mol. The Balaban J connectivity index is 2.23. The number of alkyl halides is 3. The summed E-state index contributed by atoms with van der Waals surface area (Å²) in [5.74, 6) is -4.99. The number of nitrogens with two attached hydrogens (primary N) is 1. The number of amides is 1. The number of halogens is 4. The molecule has 1 aromatic rings. The Morgan fingerprint density at radius 2 is 1.89 bits per heavy atom. The summed E-state index contributed by atoms with van der Waals surface area (Å²) < 4.78 is 51.0. The zero-order valence-electron chi connectivity index (χ0n) is 9.56. The van der Waals surface area contributed by atoms with Crippen molar-refractivity contribution in [1.29, 1.82) is 0 Å². The quantitative estimate of drug-likeness (QED) is 0.809. The van der Waals surface area contributed by atoms with E-state index in [0.29, 0.717) is 0 Å². The number of carbonyl (C=O) groups excluding carboxylic acids is 1. The summed E-state index contributed by atoms with van der Waals surface area (Å²) >= 11 is 0. The van der Waals surface area contributed by atoms with Gasteiger partial charge in [0.05, 0.1) is 24.2 Å². The van der Waals surface area contributed by atoms with Gasteiger partial charge in [-0.15, -0.1) is 0 Å². The van der Waals surface area contributed by atoms with E-state index in [2.05, 4.69) is 9.97 Å². The van der Waals surface area contributed by atoms with E-state index in [4.69, 9.17) is 5.73 Å². The lowest BCUT2D eigenvalue weighted by molar-refractivity contribution is -0.181. The molecular weight excluding hydrogens is 268 g/mol. The van der Waals surface area contributed by atoms with E-state index in [1.165, 1.54) is 4.90 Å². The number of nitrogens with zero attached hydrogens (tertiary/aromatic N) is 3. The van der Waals surface area contributed by atoms with Crippen molar-refractivity contribution in [3.05, 3.63) is 18.2 Å². The van der Waals surface area contributed by atoms with Crippen molar-refractivity contribution in [3.63, 3.8) is 0 Å². The van der Waals surface area contributed by atoms with Crippen molar-refractivity contribution in [1.82, 2.24) is 9.97 Å². The smallest absolute Gasteiger partial charge is 0.369 e. The average Bonchev–Trinajstić information content (AvgIpc) is 2.74.